The molecule has 0 atom stereocenters. The van der Waals surface area contributed by atoms with Crippen molar-refractivity contribution >= 4 is 17.7 Å². The molecule has 0 saturated carbocycles. The number of nitrogens with two attached hydrogens (primary N) is 1. The molecular formula is C16H25N3O3. The number of unbranched alkanes of at least 4 members (excludes halogenated alkanes) is 1. The Morgan fingerprint density at radius 3 is 2.32 bits per heavy atom. The first-order valence-electron chi connectivity index (χ1n) is 7.40. The van der Waals surface area contributed by atoms with Crippen LogP contribution in [0, 0.1) is 0 Å². The van der Waals surface area contributed by atoms with Gasteiger partial charge in [0.2, 0.25) is 0 Å². The van der Waals surface area contributed by atoms with Crippen molar-refractivity contribution in [1.29, 1.82) is 0 Å². The van der Waals surface area contributed by atoms with Crippen molar-refractivity contribution in [2.75, 3.05) is 18.4 Å². The molecule has 0 aliphatic rings. The van der Waals surface area contributed by atoms with Crippen molar-refractivity contribution in [3.05, 3.63) is 29.8 Å². The molecule has 1 aromatic carbocycles. The third kappa shape index (κ3) is 7.08. The monoisotopic (exact) mass is 307 g/mol. The Morgan fingerprint density at radius 1 is 1.14 bits per heavy atom. The summed E-state index contributed by atoms with van der Waals surface area (Å²) in [5.41, 5.74) is 5.97. The Labute approximate surface area is 131 Å². The Hall–Kier alpha value is -2.08. The summed E-state index contributed by atoms with van der Waals surface area (Å²) >= 11 is 0. The highest BCUT2D eigenvalue weighted by atomic mass is 16.6. The molecule has 0 saturated heterocycles. The Bertz CT molecular complexity index is 492. The van der Waals surface area contributed by atoms with E-state index in [1.54, 1.807) is 45.0 Å². The molecule has 2 amide bonds. The number of hydrogen-bond donors (Lipinski definition) is 3. The number of rotatable bonds is 6. The zero-order valence-electron chi connectivity index (χ0n) is 13.4. The maximum absolute atomic E-state index is 11.9. The lowest BCUT2D eigenvalue weighted by Crippen LogP contribution is -2.27. The van der Waals surface area contributed by atoms with Gasteiger partial charge < -0.3 is 15.8 Å². The van der Waals surface area contributed by atoms with Crippen LogP contribution in [0.3, 0.4) is 0 Å². The fourth-order valence-corrected chi connectivity index (χ4v) is 1.70. The van der Waals surface area contributed by atoms with E-state index in [0.29, 0.717) is 24.3 Å². The first-order valence-corrected chi connectivity index (χ1v) is 7.40. The van der Waals surface area contributed by atoms with E-state index in [9.17, 15) is 9.59 Å². The van der Waals surface area contributed by atoms with Gasteiger partial charge in [-0.1, -0.05) is 0 Å². The number of hydrogen-bond acceptors (Lipinski definition) is 4. The molecule has 0 aliphatic heterocycles. The largest absolute Gasteiger partial charge is 0.444 e. The number of ether oxygens (including phenoxy) is 1. The topological polar surface area (TPSA) is 93.4 Å². The van der Waals surface area contributed by atoms with E-state index in [2.05, 4.69) is 10.6 Å². The van der Waals surface area contributed by atoms with Gasteiger partial charge in [-0.05, 0) is 64.4 Å². The van der Waals surface area contributed by atoms with Crippen LogP contribution < -0.4 is 16.4 Å². The van der Waals surface area contributed by atoms with Gasteiger partial charge in [-0.3, -0.25) is 10.1 Å². The van der Waals surface area contributed by atoms with Crippen LogP contribution in [0.15, 0.2) is 24.3 Å². The number of anilines is 1. The van der Waals surface area contributed by atoms with E-state index in [0.717, 1.165) is 12.8 Å². The van der Waals surface area contributed by atoms with Crippen LogP contribution in [0.5, 0.6) is 0 Å². The first-order chi connectivity index (χ1) is 10.3. The van der Waals surface area contributed by atoms with Crippen LogP contribution in [-0.4, -0.2) is 30.7 Å². The molecule has 4 N–H and O–H groups in total. The van der Waals surface area contributed by atoms with Gasteiger partial charge in [-0.2, -0.15) is 0 Å². The van der Waals surface area contributed by atoms with E-state index in [1.165, 1.54) is 0 Å². The minimum atomic E-state index is -0.548. The molecule has 0 spiro atoms. The van der Waals surface area contributed by atoms with E-state index in [-0.39, 0.29) is 5.91 Å². The zero-order valence-corrected chi connectivity index (χ0v) is 13.4. The van der Waals surface area contributed by atoms with Gasteiger partial charge in [0.25, 0.3) is 5.91 Å². The molecule has 0 fully saturated rings. The second-order valence-electron chi connectivity index (χ2n) is 5.96. The third-order valence-electron chi connectivity index (χ3n) is 2.71. The second kappa shape index (κ2) is 8.38. The zero-order chi connectivity index (χ0) is 16.6. The van der Waals surface area contributed by atoms with Crippen LogP contribution >= 0.6 is 0 Å². The fourth-order valence-electron chi connectivity index (χ4n) is 1.70. The normalized spacial score (nSPS) is 10.9. The van der Waals surface area contributed by atoms with E-state index in [4.69, 9.17) is 10.5 Å². The molecule has 0 aromatic heterocycles. The van der Waals surface area contributed by atoms with Gasteiger partial charge in [0.15, 0.2) is 0 Å². The maximum Gasteiger partial charge on any atom is 0.412 e. The average molecular weight is 307 g/mol. The summed E-state index contributed by atoms with van der Waals surface area (Å²) in [4.78, 5) is 23.5. The van der Waals surface area contributed by atoms with Crippen LogP contribution in [-0.2, 0) is 4.74 Å². The third-order valence-corrected chi connectivity index (χ3v) is 2.71. The van der Waals surface area contributed by atoms with Gasteiger partial charge >= 0.3 is 6.09 Å². The quantitative estimate of drug-likeness (QED) is 0.704. The Kier molecular flexibility index (Phi) is 6.85. The summed E-state index contributed by atoms with van der Waals surface area (Å²) in [7, 11) is 0. The molecule has 0 heterocycles. The predicted molar refractivity (Wildman–Crippen MR) is 86.9 cm³/mol. The van der Waals surface area contributed by atoms with Crippen LogP contribution in [0.1, 0.15) is 44.0 Å². The Morgan fingerprint density at radius 2 is 1.77 bits per heavy atom. The molecule has 0 aliphatic carbocycles. The molecule has 1 rings (SSSR count). The van der Waals surface area contributed by atoms with Gasteiger partial charge in [-0.25, -0.2) is 4.79 Å². The van der Waals surface area contributed by atoms with Gasteiger partial charge in [0, 0.05) is 17.8 Å². The molecule has 0 radical (unpaired) electrons. The van der Waals surface area contributed by atoms with Gasteiger partial charge in [0.1, 0.15) is 5.60 Å². The summed E-state index contributed by atoms with van der Waals surface area (Å²) in [5.74, 6) is -0.138. The van der Waals surface area contributed by atoms with Crippen molar-refractivity contribution in [3.63, 3.8) is 0 Å². The highest BCUT2D eigenvalue weighted by Crippen LogP contribution is 2.13. The molecule has 0 unspecified atom stereocenters. The first kappa shape index (κ1) is 18.0. The minimum absolute atomic E-state index is 0.138. The summed E-state index contributed by atoms with van der Waals surface area (Å²) in [5, 5.41) is 5.44. The molecule has 1 aromatic rings. The van der Waals surface area contributed by atoms with E-state index < -0.39 is 11.7 Å². The molecular weight excluding hydrogens is 282 g/mol. The lowest BCUT2D eigenvalue weighted by atomic mass is 10.2. The summed E-state index contributed by atoms with van der Waals surface area (Å²) in [6, 6.07) is 6.65. The van der Waals surface area contributed by atoms with Crippen molar-refractivity contribution in [1.82, 2.24) is 5.32 Å². The van der Waals surface area contributed by atoms with E-state index >= 15 is 0 Å². The molecule has 122 valence electrons. The minimum Gasteiger partial charge on any atom is -0.444 e. The van der Waals surface area contributed by atoms with Crippen molar-refractivity contribution in [2.24, 2.45) is 5.73 Å². The summed E-state index contributed by atoms with van der Waals surface area (Å²) < 4.78 is 5.16. The standard InChI is InChI=1S/C16H25N3O3/c1-16(2,3)22-15(21)19-13-8-6-12(7-9-13)14(20)18-11-5-4-10-17/h6-9H,4-5,10-11,17H2,1-3H3,(H,18,20)(H,19,21). The van der Waals surface area contributed by atoms with E-state index in [1.807, 2.05) is 0 Å². The number of benzene rings is 1. The van der Waals surface area contributed by atoms with Gasteiger partial charge in [-0.15, -0.1) is 0 Å². The highest BCUT2D eigenvalue weighted by Gasteiger charge is 2.16. The lowest BCUT2D eigenvalue weighted by molar-refractivity contribution is 0.0635. The predicted octanol–water partition coefficient (Wildman–Crippen LogP) is 2.50. The highest BCUT2D eigenvalue weighted by molar-refractivity contribution is 5.95. The number of nitrogens with one attached hydrogen (secondary N) is 2. The maximum atomic E-state index is 11.9. The Balaban J connectivity index is 2.48. The fraction of sp³-hybridized carbons (Fsp3) is 0.500. The summed E-state index contributed by atoms with van der Waals surface area (Å²) in [6.07, 6.45) is 1.23. The number of carbonyl (C=O) groups excluding carboxylic acids is 2. The molecule has 0 bridgehead atoms. The second-order valence-corrected chi connectivity index (χ2v) is 5.96. The van der Waals surface area contributed by atoms with Crippen LogP contribution in [0.2, 0.25) is 0 Å². The smallest absolute Gasteiger partial charge is 0.412 e. The van der Waals surface area contributed by atoms with Gasteiger partial charge in [0.05, 0.1) is 0 Å². The van der Waals surface area contributed by atoms with Crippen LogP contribution in [0.25, 0.3) is 0 Å². The van der Waals surface area contributed by atoms with Crippen molar-refractivity contribution < 1.29 is 14.3 Å². The molecule has 22 heavy (non-hydrogen) atoms. The average Bonchev–Trinajstić information content (AvgIpc) is 2.42. The number of amides is 2. The summed E-state index contributed by atoms with van der Waals surface area (Å²) in [6.45, 7) is 6.62. The molecule has 6 heteroatoms. The number of carbonyl (C=O) groups is 2. The SMILES string of the molecule is CC(C)(C)OC(=O)Nc1ccc(C(=O)NCCCCN)cc1. The lowest BCUT2D eigenvalue weighted by Gasteiger charge is -2.19. The molecule has 6 nitrogen and oxygen atoms in total. The van der Waals surface area contributed by atoms with Crippen molar-refractivity contribution in [3.8, 4) is 0 Å². The van der Waals surface area contributed by atoms with Crippen molar-refractivity contribution in [2.45, 2.75) is 39.2 Å². The van der Waals surface area contributed by atoms with Crippen LogP contribution in [0.4, 0.5) is 10.5 Å².